The molecule has 0 aromatic carbocycles. The number of anilines is 1. The van der Waals surface area contributed by atoms with Crippen molar-refractivity contribution in [3.05, 3.63) is 35.7 Å². The van der Waals surface area contributed by atoms with Gasteiger partial charge in [0.15, 0.2) is 0 Å². The number of nitrogens with zero attached hydrogens (tertiary/aromatic N) is 4. The highest BCUT2D eigenvalue weighted by Gasteiger charge is 2.42. The summed E-state index contributed by atoms with van der Waals surface area (Å²) >= 11 is 1.54. The van der Waals surface area contributed by atoms with E-state index in [-0.39, 0.29) is 0 Å². The Hall–Kier alpha value is -1.66. The maximum Gasteiger partial charge on any atom is 0.147 e. The fourth-order valence-corrected chi connectivity index (χ4v) is 4.76. The molecule has 1 saturated heterocycles. The molecule has 1 atom stereocenters. The average Bonchev–Trinajstić information content (AvgIpc) is 2.97. The van der Waals surface area contributed by atoms with Gasteiger partial charge in [0.1, 0.15) is 10.8 Å². The van der Waals surface area contributed by atoms with E-state index in [9.17, 15) is 0 Å². The van der Waals surface area contributed by atoms with Gasteiger partial charge in [-0.2, -0.15) is 0 Å². The minimum Gasteiger partial charge on any atom is -0.355 e. The molecule has 0 radical (unpaired) electrons. The van der Waals surface area contributed by atoms with Crippen LogP contribution >= 0.6 is 11.8 Å². The zero-order chi connectivity index (χ0) is 17.7. The molecule has 2 aliphatic rings. The zero-order valence-electron chi connectivity index (χ0n) is 14.9. The Balaban J connectivity index is 1.61. The monoisotopic (exact) mass is 357 g/mol. The topological polar surface area (TPSA) is 67.4 Å². The van der Waals surface area contributed by atoms with E-state index in [0.29, 0.717) is 11.5 Å². The van der Waals surface area contributed by atoms with Gasteiger partial charge in [-0.05, 0) is 44.7 Å². The Bertz CT molecular complexity index is 644. The van der Waals surface area contributed by atoms with Crippen LogP contribution in [0.2, 0.25) is 0 Å². The van der Waals surface area contributed by atoms with Crippen molar-refractivity contribution in [2.75, 3.05) is 18.0 Å². The average molecular weight is 358 g/mol. The van der Waals surface area contributed by atoms with Crippen LogP contribution in [0, 0.1) is 5.41 Å². The van der Waals surface area contributed by atoms with Crippen molar-refractivity contribution in [3.8, 4) is 0 Å². The first-order valence-corrected chi connectivity index (χ1v) is 9.78. The number of hydrogen-bond acceptors (Lipinski definition) is 6. The summed E-state index contributed by atoms with van der Waals surface area (Å²) in [6.45, 7) is 7.54. The molecule has 1 aliphatic heterocycles. The molecule has 1 aromatic rings. The maximum atomic E-state index is 6.37. The molecule has 134 valence electrons. The van der Waals surface area contributed by atoms with Crippen molar-refractivity contribution < 1.29 is 0 Å². The second-order valence-corrected chi connectivity index (χ2v) is 7.97. The van der Waals surface area contributed by atoms with Crippen LogP contribution in [0.3, 0.4) is 0 Å². The summed E-state index contributed by atoms with van der Waals surface area (Å²) < 4.78 is 0. The number of piperidine rings is 1. The number of aromatic nitrogens is 2. The fraction of sp³-hybridized carbons (Fsp3) is 0.526. The summed E-state index contributed by atoms with van der Waals surface area (Å²) in [7, 11) is 0. The molecular formula is C19H27N5S. The SMILES string of the molecule is C=N/C=C(\C=C/C)Sc1cnc(N2CCC3(CCC[C@H]3N)CC2)cn1. The lowest BCUT2D eigenvalue weighted by Crippen LogP contribution is -2.47. The molecule has 1 aliphatic carbocycles. The molecule has 0 bridgehead atoms. The highest BCUT2D eigenvalue weighted by Crippen LogP contribution is 2.45. The molecule has 1 saturated carbocycles. The van der Waals surface area contributed by atoms with Crippen molar-refractivity contribution in [1.29, 1.82) is 0 Å². The van der Waals surface area contributed by atoms with E-state index in [0.717, 1.165) is 28.8 Å². The molecule has 2 fully saturated rings. The first-order valence-electron chi connectivity index (χ1n) is 8.96. The standard InChI is InChI=1S/C19H27N5S/c1-3-5-15(12-21-2)25-18-14-22-17(13-23-18)24-10-8-19(9-11-24)7-4-6-16(19)20/h3,5,12-14,16H,2,4,6-11,20H2,1H3/b5-3-,15-12+/t16-/m1/s1. The number of hydrogen-bond donors (Lipinski definition) is 1. The lowest BCUT2D eigenvalue weighted by molar-refractivity contribution is 0.197. The molecule has 2 N–H and O–H groups in total. The van der Waals surface area contributed by atoms with Gasteiger partial charge >= 0.3 is 0 Å². The summed E-state index contributed by atoms with van der Waals surface area (Å²) in [5, 5.41) is 0.864. The molecule has 0 amide bonds. The van der Waals surface area contributed by atoms with Gasteiger partial charge in [0.25, 0.3) is 0 Å². The van der Waals surface area contributed by atoms with Gasteiger partial charge in [-0.25, -0.2) is 9.97 Å². The third-order valence-electron chi connectivity index (χ3n) is 5.45. The molecule has 0 unspecified atom stereocenters. The molecular weight excluding hydrogens is 330 g/mol. The van der Waals surface area contributed by atoms with Gasteiger partial charge in [-0.1, -0.05) is 30.3 Å². The van der Waals surface area contributed by atoms with Crippen LogP contribution in [0.5, 0.6) is 0 Å². The first kappa shape index (κ1) is 18.1. The second kappa shape index (κ2) is 8.15. The molecule has 6 heteroatoms. The summed E-state index contributed by atoms with van der Waals surface area (Å²) in [4.78, 5) is 16.3. The Kier molecular flexibility index (Phi) is 5.91. The van der Waals surface area contributed by atoms with Crippen molar-refractivity contribution in [2.24, 2.45) is 16.1 Å². The Morgan fingerprint density at radius 2 is 2.16 bits per heavy atom. The summed E-state index contributed by atoms with van der Waals surface area (Å²) in [5.41, 5.74) is 6.75. The van der Waals surface area contributed by atoms with Crippen LogP contribution in [0.15, 0.2) is 45.7 Å². The van der Waals surface area contributed by atoms with Gasteiger partial charge in [0.05, 0.1) is 12.4 Å². The maximum absolute atomic E-state index is 6.37. The largest absolute Gasteiger partial charge is 0.355 e. The normalized spacial score (nSPS) is 23.5. The Morgan fingerprint density at radius 3 is 2.72 bits per heavy atom. The van der Waals surface area contributed by atoms with Crippen molar-refractivity contribution in [3.63, 3.8) is 0 Å². The minimum atomic E-state index is 0.379. The minimum absolute atomic E-state index is 0.379. The predicted molar refractivity (Wildman–Crippen MR) is 106 cm³/mol. The summed E-state index contributed by atoms with van der Waals surface area (Å²) in [5.74, 6) is 0.962. The van der Waals surface area contributed by atoms with Crippen LogP contribution in [0.25, 0.3) is 0 Å². The van der Waals surface area contributed by atoms with Gasteiger partial charge in [0.2, 0.25) is 0 Å². The number of aliphatic imine (C=N–C) groups is 1. The zero-order valence-corrected chi connectivity index (χ0v) is 15.7. The van der Waals surface area contributed by atoms with Crippen LogP contribution in [0.1, 0.15) is 39.0 Å². The van der Waals surface area contributed by atoms with Crippen LogP contribution < -0.4 is 10.6 Å². The first-order chi connectivity index (χ1) is 12.2. The summed E-state index contributed by atoms with van der Waals surface area (Å²) in [6.07, 6.45) is 15.5. The van der Waals surface area contributed by atoms with E-state index in [4.69, 9.17) is 5.73 Å². The van der Waals surface area contributed by atoms with Crippen molar-refractivity contribution in [1.82, 2.24) is 9.97 Å². The van der Waals surface area contributed by atoms with E-state index in [1.807, 2.05) is 31.5 Å². The number of thioether (sulfide) groups is 1. The fourth-order valence-electron chi connectivity index (χ4n) is 3.97. The highest BCUT2D eigenvalue weighted by atomic mass is 32.2. The molecule has 25 heavy (non-hydrogen) atoms. The van der Waals surface area contributed by atoms with E-state index in [1.54, 1.807) is 18.0 Å². The third-order valence-corrected chi connectivity index (χ3v) is 6.34. The molecule has 3 rings (SSSR count). The smallest absolute Gasteiger partial charge is 0.147 e. The number of rotatable bonds is 5. The molecule has 5 nitrogen and oxygen atoms in total. The van der Waals surface area contributed by atoms with Crippen molar-refractivity contribution >= 4 is 24.3 Å². The highest BCUT2D eigenvalue weighted by molar-refractivity contribution is 8.03. The lowest BCUT2D eigenvalue weighted by atomic mass is 9.74. The van der Waals surface area contributed by atoms with Crippen molar-refractivity contribution in [2.45, 2.75) is 50.1 Å². The quantitative estimate of drug-likeness (QED) is 0.493. The lowest BCUT2D eigenvalue weighted by Gasteiger charge is -2.42. The van der Waals surface area contributed by atoms with Gasteiger partial charge < -0.3 is 10.6 Å². The number of nitrogens with two attached hydrogens (primary N) is 1. The summed E-state index contributed by atoms with van der Waals surface area (Å²) in [6, 6.07) is 0.384. The van der Waals surface area contributed by atoms with Gasteiger partial charge in [-0.15, -0.1) is 0 Å². The second-order valence-electron chi connectivity index (χ2n) is 6.88. The van der Waals surface area contributed by atoms with Crippen LogP contribution in [-0.4, -0.2) is 35.8 Å². The van der Waals surface area contributed by atoms with E-state index in [2.05, 4.69) is 26.6 Å². The van der Waals surface area contributed by atoms with E-state index < -0.39 is 0 Å². The third kappa shape index (κ3) is 4.12. The van der Waals surface area contributed by atoms with Crippen LogP contribution in [0.4, 0.5) is 5.82 Å². The predicted octanol–water partition coefficient (Wildman–Crippen LogP) is 3.78. The van der Waals surface area contributed by atoms with Crippen LogP contribution in [-0.2, 0) is 0 Å². The Morgan fingerprint density at radius 1 is 1.36 bits per heavy atom. The molecule has 1 aromatic heterocycles. The van der Waals surface area contributed by atoms with E-state index in [1.165, 1.54) is 32.1 Å². The molecule has 1 spiro atoms. The number of allylic oxidation sites excluding steroid dienone is 2. The van der Waals surface area contributed by atoms with Gasteiger partial charge in [-0.3, -0.25) is 4.99 Å². The Labute approximate surface area is 154 Å². The van der Waals surface area contributed by atoms with E-state index >= 15 is 0 Å². The molecule has 2 heterocycles. The van der Waals surface area contributed by atoms with Gasteiger partial charge in [0, 0.05) is 30.2 Å².